The van der Waals surface area contributed by atoms with Gasteiger partial charge in [-0.05, 0) is 36.7 Å². The highest BCUT2D eigenvalue weighted by Gasteiger charge is 2.13. The molecule has 5 nitrogen and oxygen atoms in total. The number of amides is 2. The first-order valence-electron chi connectivity index (χ1n) is 8.60. The van der Waals surface area contributed by atoms with Gasteiger partial charge in [0, 0.05) is 12.2 Å². The molecule has 27 heavy (non-hydrogen) atoms. The lowest BCUT2D eigenvalue weighted by Gasteiger charge is -2.18. The van der Waals surface area contributed by atoms with Crippen LogP contribution in [0, 0.1) is 0 Å². The van der Waals surface area contributed by atoms with Crippen LogP contribution in [0.1, 0.15) is 18.4 Å². The van der Waals surface area contributed by atoms with Crippen LogP contribution in [0.5, 0.6) is 0 Å². The largest absolute Gasteiger partial charge is 0.354 e. The van der Waals surface area contributed by atoms with Crippen molar-refractivity contribution in [3.63, 3.8) is 0 Å². The molecule has 0 heterocycles. The maximum absolute atomic E-state index is 12.1. The third-order valence-electron chi connectivity index (χ3n) is 4.00. The van der Waals surface area contributed by atoms with Crippen LogP contribution in [-0.4, -0.2) is 43.4 Å². The molecule has 2 rings (SSSR count). The molecule has 0 saturated heterocycles. The van der Waals surface area contributed by atoms with Crippen molar-refractivity contribution in [2.75, 3.05) is 32.0 Å². The molecule has 0 aliphatic carbocycles. The van der Waals surface area contributed by atoms with E-state index in [1.165, 1.54) is 5.56 Å². The number of rotatable bonds is 8. The number of hydrogen-bond acceptors (Lipinski definition) is 3. The summed E-state index contributed by atoms with van der Waals surface area (Å²) in [5.74, 6) is -0.137. The lowest BCUT2D eigenvalue weighted by molar-refractivity contribution is -0.123. The van der Waals surface area contributed by atoms with Gasteiger partial charge in [-0.1, -0.05) is 60.5 Å². The Morgan fingerprint density at radius 2 is 1.67 bits per heavy atom. The molecule has 0 aliphatic rings. The normalized spacial score (nSPS) is 11.9. The minimum Gasteiger partial charge on any atom is -0.354 e. The predicted molar refractivity (Wildman–Crippen MR) is 110 cm³/mol. The van der Waals surface area contributed by atoms with Crippen molar-refractivity contribution in [1.82, 2.24) is 10.2 Å². The molecule has 0 bridgehead atoms. The molecule has 0 spiro atoms. The SMILES string of the molecule is CC(CNC(=O)CN(C)CC(=O)Nc1ccc(Cl)c(Cl)c1)c1ccccc1. The molecule has 0 aromatic heterocycles. The van der Waals surface area contributed by atoms with Crippen molar-refractivity contribution in [3.8, 4) is 0 Å². The first-order chi connectivity index (χ1) is 12.8. The zero-order valence-corrected chi connectivity index (χ0v) is 16.8. The number of nitrogens with zero attached hydrogens (tertiary/aromatic N) is 1. The van der Waals surface area contributed by atoms with Crippen LogP contribution in [0.4, 0.5) is 5.69 Å². The van der Waals surface area contributed by atoms with Gasteiger partial charge in [-0.25, -0.2) is 0 Å². The van der Waals surface area contributed by atoms with Crippen molar-refractivity contribution >= 4 is 40.7 Å². The van der Waals surface area contributed by atoms with Crippen molar-refractivity contribution in [2.24, 2.45) is 0 Å². The minimum absolute atomic E-state index is 0.0852. The number of halogens is 2. The summed E-state index contributed by atoms with van der Waals surface area (Å²) in [6, 6.07) is 14.9. The Labute approximate surface area is 169 Å². The summed E-state index contributed by atoms with van der Waals surface area (Å²) in [6.45, 7) is 2.83. The molecule has 7 heteroatoms. The van der Waals surface area contributed by atoms with Gasteiger partial charge in [-0.3, -0.25) is 14.5 Å². The highest BCUT2D eigenvalue weighted by molar-refractivity contribution is 6.42. The second-order valence-corrected chi connectivity index (χ2v) is 7.28. The van der Waals surface area contributed by atoms with Crippen LogP contribution < -0.4 is 10.6 Å². The van der Waals surface area contributed by atoms with Crippen molar-refractivity contribution < 1.29 is 9.59 Å². The number of likely N-dealkylation sites (N-methyl/N-ethyl adjacent to an activating group) is 1. The fraction of sp³-hybridized carbons (Fsp3) is 0.300. The molecule has 1 unspecified atom stereocenters. The van der Waals surface area contributed by atoms with Gasteiger partial charge in [0.15, 0.2) is 0 Å². The van der Waals surface area contributed by atoms with Gasteiger partial charge in [0.2, 0.25) is 11.8 Å². The fourth-order valence-electron chi connectivity index (χ4n) is 2.54. The molecule has 0 aliphatic heterocycles. The van der Waals surface area contributed by atoms with E-state index in [1.54, 1.807) is 30.1 Å². The van der Waals surface area contributed by atoms with Gasteiger partial charge in [0.1, 0.15) is 0 Å². The van der Waals surface area contributed by atoms with Gasteiger partial charge in [0.05, 0.1) is 23.1 Å². The molecule has 2 aromatic rings. The fourth-order valence-corrected chi connectivity index (χ4v) is 2.84. The van der Waals surface area contributed by atoms with E-state index in [-0.39, 0.29) is 30.8 Å². The first-order valence-corrected chi connectivity index (χ1v) is 9.36. The van der Waals surface area contributed by atoms with Gasteiger partial charge < -0.3 is 10.6 Å². The topological polar surface area (TPSA) is 61.4 Å². The average Bonchev–Trinajstić information content (AvgIpc) is 2.63. The average molecular weight is 408 g/mol. The van der Waals surface area contributed by atoms with Crippen molar-refractivity contribution in [2.45, 2.75) is 12.8 Å². The van der Waals surface area contributed by atoms with E-state index < -0.39 is 0 Å². The molecule has 0 fully saturated rings. The molecular formula is C20H23Cl2N3O2. The van der Waals surface area contributed by atoms with Crippen LogP contribution >= 0.6 is 23.2 Å². The number of benzene rings is 2. The molecule has 2 amide bonds. The molecule has 1 atom stereocenters. The standard InChI is InChI=1S/C20H23Cl2N3O2/c1-14(15-6-4-3-5-7-15)11-23-19(26)12-25(2)13-20(27)24-16-8-9-17(21)18(22)10-16/h3-10,14H,11-13H2,1-2H3,(H,23,26)(H,24,27). The Kier molecular flexibility index (Phi) is 8.10. The third-order valence-corrected chi connectivity index (χ3v) is 4.74. The number of nitrogens with one attached hydrogen (secondary N) is 2. The lowest BCUT2D eigenvalue weighted by Crippen LogP contribution is -2.39. The highest BCUT2D eigenvalue weighted by atomic mass is 35.5. The van der Waals surface area contributed by atoms with E-state index in [4.69, 9.17) is 23.2 Å². The molecule has 2 aromatic carbocycles. The van der Waals surface area contributed by atoms with Gasteiger partial charge >= 0.3 is 0 Å². The van der Waals surface area contributed by atoms with Gasteiger partial charge in [0.25, 0.3) is 0 Å². The number of anilines is 1. The Bertz CT molecular complexity index is 784. The van der Waals surface area contributed by atoms with Crippen LogP contribution in [0.2, 0.25) is 10.0 Å². The van der Waals surface area contributed by atoms with Gasteiger partial charge in [-0.15, -0.1) is 0 Å². The summed E-state index contributed by atoms with van der Waals surface area (Å²) in [7, 11) is 1.72. The summed E-state index contributed by atoms with van der Waals surface area (Å²) in [5, 5.41) is 6.43. The van der Waals surface area contributed by atoms with E-state index in [1.807, 2.05) is 30.3 Å². The zero-order valence-electron chi connectivity index (χ0n) is 15.3. The second kappa shape index (κ2) is 10.3. The Balaban J connectivity index is 1.73. The van der Waals surface area contributed by atoms with Gasteiger partial charge in [-0.2, -0.15) is 0 Å². The minimum atomic E-state index is -0.235. The zero-order chi connectivity index (χ0) is 19.8. The van der Waals surface area contributed by atoms with E-state index in [0.29, 0.717) is 22.3 Å². The molecule has 0 saturated carbocycles. The van der Waals surface area contributed by atoms with E-state index in [0.717, 1.165) is 0 Å². The number of hydrogen-bond donors (Lipinski definition) is 2. The van der Waals surface area contributed by atoms with Crippen molar-refractivity contribution in [3.05, 3.63) is 64.1 Å². The first kappa shape index (κ1) is 21.2. The summed E-state index contributed by atoms with van der Waals surface area (Å²) in [6.07, 6.45) is 0. The lowest BCUT2D eigenvalue weighted by atomic mass is 10.0. The Hall–Kier alpha value is -2.08. The highest BCUT2D eigenvalue weighted by Crippen LogP contribution is 2.24. The molecule has 0 radical (unpaired) electrons. The van der Waals surface area contributed by atoms with E-state index in [9.17, 15) is 9.59 Å². The maximum Gasteiger partial charge on any atom is 0.238 e. The summed E-state index contributed by atoms with van der Waals surface area (Å²) < 4.78 is 0. The van der Waals surface area contributed by atoms with Crippen LogP contribution in [-0.2, 0) is 9.59 Å². The maximum atomic E-state index is 12.1. The number of carbonyl (C=O) groups is 2. The smallest absolute Gasteiger partial charge is 0.238 e. The number of carbonyl (C=O) groups excluding carboxylic acids is 2. The third kappa shape index (κ3) is 7.21. The molecule has 144 valence electrons. The van der Waals surface area contributed by atoms with E-state index >= 15 is 0 Å². The second-order valence-electron chi connectivity index (χ2n) is 6.47. The predicted octanol–water partition coefficient (Wildman–Crippen LogP) is 3.78. The summed E-state index contributed by atoms with van der Waals surface area (Å²) >= 11 is 11.8. The van der Waals surface area contributed by atoms with Crippen molar-refractivity contribution in [1.29, 1.82) is 0 Å². The summed E-state index contributed by atoms with van der Waals surface area (Å²) in [4.78, 5) is 25.8. The molecular weight excluding hydrogens is 385 g/mol. The monoisotopic (exact) mass is 407 g/mol. The van der Waals surface area contributed by atoms with E-state index in [2.05, 4.69) is 17.6 Å². The quantitative estimate of drug-likeness (QED) is 0.699. The van der Waals surface area contributed by atoms with Crippen LogP contribution in [0.15, 0.2) is 48.5 Å². The Morgan fingerprint density at radius 1 is 1.00 bits per heavy atom. The summed E-state index contributed by atoms with van der Waals surface area (Å²) in [5.41, 5.74) is 1.73. The Morgan fingerprint density at radius 3 is 2.33 bits per heavy atom. The van der Waals surface area contributed by atoms with Crippen LogP contribution in [0.25, 0.3) is 0 Å². The van der Waals surface area contributed by atoms with Crippen LogP contribution in [0.3, 0.4) is 0 Å². The molecule has 2 N–H and O–H groups in total.